The van der Waals surface area contributed by atoms with Crippen LogP contribution in [0.2, 0.25) is 0 Å². The second-order valence-corrected chi connectivity index (χ2v) is 5.57. The minimum atomic E-state index is 0.377. The van der Waals surface area contributed by atoms with Gasteiger partial charge in [0.25, 0.3) is 0 Å². The molecule has 0 spiro atoms. The number of methoxy groups -OCH3 is 2. The molecule has 0 aliphatic heterocycles. The van der Waals surface area contributed by atoms with E-state index in [2.05, 4.69) is 10.3 Å². The summed E-state index contributed by atoms with van der Waals surface area (Å²) in [5.74, 6) is 2.98. The molecule has 1 heterocycles. The SMILES string of the molecule is COc1cc2ccnc(NCC3CC(N)C3)c2cc1OC. The van der Waals surface area contributed by atoms with E-state index < -0.39 is 0 Å². The van der Waals surface area contributed by atoms with Crippen LogP contribution in [0.4, 0.5) is 5.82 Å². The highest BCUT2D eigenvalue weighted by Crippen LogP contribution is 2.35. The number of aromatic nitrogens is 1. The van der Waals surface area contributed by atoms with Gasteiger partial charge in [-0.15, -0.1) is 0 Å². The molecular weight excluding hydrogens is 266 g/mol. The lowest BCUT2D eigenvalue weighted by Gasteiger charge is -2.32. The quantitative estimate of drug-likeness (QED) is 0.883. The van der Waals surface area contributed by atoms with Crippen LogP contribution in [0.3, 0.4) is 0 Å². The zero-order valence-corrected chi connectivity index (χ0v) is 12.4. The Hall–Kier alpha value is -2.01. The van der Waals surface area contributed by atoms with E-state index in [9.17, 15) is 0 Å². The van der Waals surface area contributed by atoms with Gasteiger partial charge in [-0.1, -0.05) is 0 Å². The third-order valence-electron chi connectivity index (χ3n) is 4.10. The van der Waals surface area contributed by atoms with Gasteiger partial charge in [0.05, 0.1) is 14.2 Å². The van der Waals surface area contributed by atoms with Crippen molar-refractivity contribution in [2.24, 2.45) is 11.7 Å². The van der Waals surface area contributed by atoms with Crippen LogP contribution in [-0.4, -0.2) is 31.8 Å². The molecule has 5 nitrogen and oxygen atoms in total. The van der Waals surface area contributed by atoms with E-state index >= 15 is 0 Å². The van der Waals surface area contributed by atoms with E-state index in [0.29, 0.717) is 17.7 Å². The van der Waals surface area contributed by atoms with Gasteiger partial charge in [0.15, 0.2) is 11.5 Å². The summed E-state index contributed by atoms with van der Waals surface area (Å²) in [6, 6.07) is 6.29. The van der Waals surface area contributed by atoms with Crippen LogP contribution < -0.4 is 20.5 Å². The molecule has 1 aliphatic rings. The van der Waals surface area contributed by atoms with Crippen LogP contribution in [-0.2, 0) is 0 Å². The van der Waals surface area contributed by atoms with Crippen LogP contribution in [0.25, 0.3) is 10.8 Å². The van der Waals surface area contributed by atoms with Crippen molar-refractivity contribution in [3.8, 4) is 11.5 Å². The highest BCUT2D eigenvalue weighted by Gasteiger charge is 2.25. The number of ether oxygens (including phenoxy) is 2. The van der Waals surface area contributed by atoms with Gasteiger partial charge in [0.2, 0.25) is 0 Å². The summed E-state index contributed by atoms with van der Waals surface area (Å²) in [7, 11) is 3.28. The average Bonchev–Trinajstić information content (AvgIpc) is 2.48. The molecular formula is C16H21N3O2. The summed E-state index contributed by atoms with van der Waals surface area (Å²) >= 11 is 0. The molecule has 21 heavy (non-hydrogen) atoms. The van der Waals surface area contributed by atoms with Crippen LogP contribution in [0.15, 0.2) is 24.4 Å². The fourth-order valence-corrected chi connectivity index (χ4v) is 2.84. The third-order valence-corrected chi connectivity index (χ3v) is 4.10. The molecule has 1 aromatic heterocycles. The zero-order chi connectivity index (χ0) is 14.8. The lowest BCUT2D eigenvalue weighted by Crippen LogP contribution is -2.39. The molecule has 3 N–H and O–H groups in total. The molecule has 5 heteroatoms. The predicted molar refractivity (Wildman–Crippen MR) is 84.0 cm³/mol. The Kier molecular flexibility index (Phi) is 3.84. The Balaban J connectivity index is 1.87. The summed E-state index contributed by atoms with van der Waals surface area (Å²) in [4.78, 5) is 4.45. The predicted octanol–water partition coefficient (Wildman–Crippen LogP) is 2.40. The van der Waals surface area contributed by atoms with Crippen molar-refractivity contribution in [2.45, 2.75) is 18.9 Å². The minimum Gasteiger partial charge on any atom is -0.493 e. The summed E-state index contributed by atoms with van der Waals surface area (Å²) in [6.45, 7) is 0.911. The zero-order valence-electron chi connectivity index (χ0n) is 12.4. The van der Waals surface area contributed by atoms with Gasteiger partial charge >= 0.3 is 0 Å². The summed E-state index contributed by atoms with van der Waals surface area (Å²) < 4.78 is 10.7. The number of rotatable bonds is 5. The van der Waals surface area contributed by atoms with Crippen LogP contribution >= 0.6 is 0 Å². The Morgan fingerprint density at radius 1 is 1.24 bits per heavy atom. The van der Waals surface area contributed by atoms with Crippen molar-refractivity contribution in [3.05, 3.63) is 24.4 Å². The molecule has 2 aromatic rings. The van der Waals surface area contributed by atoms with Crippen LogP contribution in [0.5, 0.6) is 11.5 Å². The molecule has 0 amide bonds. The van der Waals surface area contributed by atoms with E-state index in [1.54, 1.807) is 14.2 Å². The topological polar surface area (TPSA) is 69.4 Å². The summed E-state index contributed by atoms with van der Waals surface area (Å²) in [5, 5.41) is 5.56. The standard InChI is InChI=1S/C16H21N3O2/c1-20-14-7-11-3-4-18-16(13(11)8-15(14)21-2)19-9-10-5-12(17)6-10/h3-4,7-8,10,12H,5-6,9,17H2,1-2H3,(H,18,19). The minimum absolute atomic E-state index is 0.377. The molecule has 0 saturated heterocycles. The van der Waals surface area contributed by atoms with Crippen molar-refractivity contribution < 1.29 is 9.47 Å². The van der Waals surface area contributed by atoms with Gasteiger partial charge in [0, 0.05) is 24.2 Å². The lowest BCUT2D eigenvalue weighted by atomic mass is 9.81. The largest absolute Gasteiger partial charge is 0.493 e. The van der Waals surface area contributed by atoms with E-state index in [0.717, 1.165) is 41.7 Å². The van der Waals surface area contributed by atoms with Crippen molar-refractivity contribution in [2.75, 3.05) is 26.1 Å². The number of fused-ring (bicyclic) bond motifs is 1. The van der Waals surface area contributed by atoms with Crippen LogP contribution in [0, 0.1) is 5.92 Å². The number of pyridine rings is 1. The molecule has 3 rings (SSSR count). The van der Waals surface area contributed by atoms with E-state index in [1.165, 1.54) is 0 Å². The molecule has 0 radical (unpaired) electrons. The fraction of sp³-hybridized carbons (Fsp3) is 0.438. The monoisotopic (exact) mass is 287 g/mol. The first-order valence-corrected chi connectivity index (χ1v) is 7.21. The van der Waals surface area contributed by atoms with E-state index in [-0.39, 0.29) is 0 Å². The van der Waals surface area contributed by atoms with Gasteiger partial charge in [-0.3, -0.25) is 0 Å². The number of hydrogen-bond acceptors (Lipinski definition) is 5. The normalized spacial score (nSPS) is 20.9. The molecule has 0 unspecified atom stereocenters. The smallest absolute Gasteiger partial charge is 0.161 e. The van der Waals surface area contributed by atoms with Crippen molar-refractivity contribution in [1.82, 2.24) is 4.98 Å². The first kappa shape index (κ1) is 13.9. The number of hydrogen-bond donors (Lipinski definition) is 2. The fourth-order valence-electron chi connectivity index (χ4n) is 2.84. The molecule has 112 valence electrons. The maximum atomic E-state index is 5.82. The third kappa shape index (κ3) is 2.74. The highest BCUT2D eigenvalue weighted by atomic mass is 16.5. The van der Waals surface area contributed by atoms with Gasteiger partial charge in [-0.25, -0.2) is 4.98 Å². The van der Waals surface area contributed by atoms with Crippen molar-refractivity contribution in [1.29, 1.82) is 0 Å². The number of nitrogens with two attached hydrogens (primary N) is 1. The summed E-state index contributed by atoms with van der Waals surface area (Å²) in [5.41, 5.74) is 5.82. The second-order valence-electron chi connectivity index (χ2n) is 5.57. The molecule has 1 aliphatic carbocycles. The average molecular weight is 287 g/mol. The number of anilines is 1. The molecule has 0 bridgehead atoms. The van der Waals surface area contributed by atoms with Crippen LogP contribution in [0.1, 0.15) is 12.8 Å². The highest BCUT2D eigenvalue weighted by molar-refractivity contribution is 5.94. The Bertz CT molecular complexity index is 639. The van der Waals surface area contributed by atoms with E-state index in [1.807, 2.05) is 24.4 Å². The number of nitrogens with one attached hydrogen (secondary N) is 1. The Morgan fingerprint density at radius 3 is 2.62 bits per heavy atom. The summed E-state index contributed by atoms with van der Waals surface area (Å²) in [6.07, 6.45) is 3.99. The molecule has 1 fully saturated rings. The first-order valence-electron chi connectivity index (χ1n) is 7.21. The Labute approximate surface area is 124 Å². The molecule has 1 saturated carbocycles. The Morgan fingerprint density at radius 2 is 1.95 bits per heavy atom. The van der Waals surface area contributed by atoms with Gasteiger partial charge in [-0.2, -0.15) is 0 Å². The molecule has 0 atom stereocenters. The first-order chi connectivity index (χ1) is 10.2. The van der Waals surface area contributed by atoms with Crippen molar-refractivity contribution >= 4 is 16.6 Å². The maximum absolute atomic E-state index is 5.82. The van der Waals surface area contributed by atoms with Gasteiger partial charge in [0.1, 0.15) is 5.82 Å². The lowest BCUT2D eigenvalue weighted by molar-refractivity contribution is 0.280. The van der Waals surface area contributed by atoms with E-state index in [4.69, 9.17) is 15.2 Å². The van der Waals surface area contributed by atoms with Gasteiger partial charge < -0.3 is 20.5 Å². The number of benzene rings is 1. The van der Waals surface area contributed by atoms with Gasteiger partial charge in [-0.05, 0) is 42.3 Å². The number of nitrogens with zero attached hydrogens (tertiary/aromatic N) is 1. The molecule has 1 aromatic carbocycles. The maximum Gasteiger partial charge on any atom is 0.161 e. The van der Waals surface area contributed by atoms with Crippen molar-refractivity contribution in [3.63, 3.8) is 0 Å². The second kappa shape index (κ2) is 5.77.